The van der Waals surface area contributed by atoms with Crippen molar-refractivity contribution in [2.45, 2.75) is 51.1 Å². The summed E-state index contributed by atoms with van der Waals surface area (Å²) in [7, 11) is 0. The standard InChI is InChI=1S/C15H25FN4/c1-15(2,20-9-5-3-4-6-10-20)14(19-17)12-7-8-18-11-13(12)16/h7-8,11,14,19H,3-6,9-10,17H2,1-2H3. The van der Waals surface area contributed by atoms with Crippen molar-refractivity contribution in [3.8, 4) is 0 Å². The quantitative estimate of drug-likeness (QED) is 0.657. The second-order valence-electron chi connectivity index (χ2n) is 6.05. The average molecular weight is 280 g/mol. The molecule has 2 rings (SSSR count). The molecule has 1 aliphatic rings. The Hall–Kier alpha value is -1.04. The van der Waals surface area contributed by atoms with Gasteiger partial charge in [0, 0.05) is 17.3 Å². The van der Waals surface area contributed by atoms with Crippen LogP contribution in [0.5, 0.6) is 0 Å². The van der Waals surface area contributed by atoms with Crippen LogP contribution in [0.25, 0.3) is 0 Å². The highest BCUT2D eigenvalue weighted by Gasteiger charge is 2.37. The first-order valence-corrected chi connectivity index (χ1v) is 7.38. The van der Waals surface area contributed by atoms with E-state index in [4.69, 9.17) is 5.84 Å². The van der Waals surface area contributed by atoms with E-state index in [9.17, 15) is 4.39 Å². The Kier molecular flexibility index (Phi) is 5.07. The molecule has 1 unspecified atom stereocenters. The van der Waals surface area contributed by atoms with Gasteiger partial charge >= 0.3 is 0 Å². The van der Waals surface area contributed by atoms with Gasteiger partial charge in [0.25, 0.3) is 0 Å². The summed E-state index contributed by atoms with van der Waals surface area (Å²) in [6, 6.07) is 1.45. The van der Waals surface area contributed by atoms with Crippen LogP contribution in [-0.2, 0) is 0 Å². The van der Waals surface area contributed by atoms with E-state index in [0.717, 1.165) is 13.1 Å². The predicted octanol–water partition coefficient (Wildman–Crippen LogP) is 2.38. The summed E-state index contributed by atoms with van der Waals surface area (Å²) in [4.78, 5) is 6.24. The first-order valence-electron chi connectivity index (χ1n) is 7.38. The highest BCUT2D eigenvalue weighted by Crippen LogP contribution is 2.33. The number of pyridine rings is 1. The Bertz CT molecular complexity index is 428. The zero-order chi connectivity index (χ0) is 14.6. The molecule has 3 N–H and O–H groups in total. The highest BCUT2D eigenvalue weighted by atomic mass is 19.1. The van der Waals surface area contributed by atoms with Gasteiger partial charge in [-0.3, -0.25) is 21.2 Å². The van der Waals surface area contributed by atoms with E-state index in [0.29, 0.717) is 5.56 Å². The summed E-state index contributed by atoms with van der Waals surface area (Å²) in [5, 5.41) is 0. The molecule has 1 saturated heterocycles. The van der Waals surface area contributed by atoms with Gasteiger partial charge in [0.05, 0.1) is 12.2 Å². The van der Waals surface area contributed by atoms with Gasteiger partial charge in [0.1, 0.15) is 5.82 Å². The van der Waals surface area contributed by atoms with Gasteiger partial charge in [0.2, 0.25) is 0 Å². The molecule has 1 atom stereocenters. The summed E-state index contributed by atoms with van der Waals surface area (Å²) in [5.74, 6) is 5.43. The Balaban J connectivity index is 2.26. The second kappa shape index (κ2) is 6.61. The summed E-state index contributed by atoms with van der Waals surface area (Å²) in [6.07, 6.45) is 7.80. The zero-order valence-electron chi connectivity index (χ0n) is 12.4. The predicted molar refractivity (Wildman–Crippen MR) is 78.4 cm³/mol. The van der Waals surface area contributed by atoms with E-state index in [1.165, 1.54) is 31.9 Å². The number of rotatable bonds is 4. The smallest absolute Gasteiger partial charge is 0.146 e. The number of hydrogen-bond donors (Lipinski definition) is 2. The van der Waals surface area contributed by atoms with E-state index in [1.807, 2.05) is 0 Å². The van der Waals surface area contributed by atoms with Gasteiger partial charge in [-0.2, -0.15) is 0 Å². The molecule has 112 valence electrons. The lowest BCUT2D eigenvalue weighted by Gasteiger charge is -2.43. The number of likely N-dealkylation sites (tertiary alicyclic amines) is 1. The maximum absolute atomic E-state index is 14.0. The number of hydrazine groups is 1. The molecule has 0 aliphatic carbocycles. The lowest BCUT2D eigenvalue weighted by atomic mass is 9.87. The third-order valence-corrected chi connectivity index (χ3v) is 4.41. The van der Waals surface area contributed by atoms with Crippen molar-refractivity contribution in [2.75, 3.05) is 13.1 Å². The Morgan fingerprint density at radius 1 is 1.30 bits per heavy atom. The first-order chi connectivity index (χ1) is 9.57. The van der Waals surface area contributed by atoms with E-state index in [-0.39, 0.29) is 17.4 Å². The second-order valence-corrected chi connectivity index (χ2v) is 6.05. The van der Waals surface area contributed by atoms with Crippen LogP contribution in [0.2, 0.25) is 0 Å². The molecular formula is C15H25FN4. The minimum atomic E-state index is -0.307. The van der Waals surface area contributed by atoms with Crippen molar-refractivity contribution in [2.24, 2.45) is 5.84 Å². The molecule has 0 aromatic carbocycles. The molecule has 0 spiro atoms. The third kappa shape index (κ3) is 3.16. The van der Waals surface area contributed by atoms with Gasteiger partial charge < -0.3 is 0 Å². The Morgan fingerprint density at radius 2 is 1.95 bits per heavy atom. The van der Waals surface area contributed by atoms with Gasteiger partial charge in [-0.05, 0) is 45.8 Å². The molecular weight excluding hydrogens is 255 g/mol. The fourth-order valence-corrected chi connectivity index (χ4v) is 3.12. The monoisotopic (exact) mass is 280 g/mol. The zero-order valence-corrected chi connectivity index (χ0v) is 12.4. The van der Waals surface area contributed by atoms with Crippen molar-refractivity contribution >= 4 is 0 Å². The molecule has 0 saturated carbocycles. The molecule has 5 heteroatoms. The number of hydrogen-bond acceptors (Lipinski definition) is 4. The van der Waals surface area contributed by atoms with Crippen LogP contribution in [0, 0.1) is 5.82 Å². The van der Waals surface area contributed by atoms with Crippen molar-refractivity contribution in [3.63, 3.8) is 0 Å². The molecule has 2 heterocycles. The van der Waals surface area contributed by atoms with Crippen LogP contribution in [0.1, 0.15) is 51.1 Å². The molecule has 0 radical (unpaired) electrons. The SMILES string of the molecule is CC(C)(C(NN)c1ccncc1F)N1CCCCCC1. The summed E-state index contributed by atoms with van der Waals surface area (Å²) >= 11 is 0. The fourth-order valence-electron chi connectivity index (χ4n) is 3.12. The minimum Gasteiger partial charge on any atom is -0.296 e. The number of aromatic nitrogens is 1. The van der Waals surface area contributed by atoms with Gasteiger partial charge in [-0.15, -0.1) is 0 Å². The maximum atomic E-state index is 14.0. The van der Waals surface area contributed by atoms with Crippen LogP contribution < -0.4 is 11.3 Å². The molecule has 1 aromatic rings. The van der Waals surface area contributed by atoms with Gasteiger partial charge in [-0.1, -0.05) is 12.8 Å². The number of halogens is 1. The Labute approximate surface area is 120 Å². The number of nitrogens with one attached hydrogen (secondary N) is 1. The van der Waals surface area contributed by atoms with Gasteiger partial charge in [-0.25, -0.2) is 4.39 Å². The molecule has 1 fully saturated rings. The molecule has 1 aromatic heterocycles. The highest BCUT2D eigenvalue weighted by molar-refractivity contribution is 5.21. The average Bonchev–Trinajstić information content (AvgIpc) is 2.71. The number of nitrogens with two attached hydrogens (primary N) is 1. The lowest BCUT2D eigenvalue weighted by Crippen LogP contribution is -2.54. The van der Waals surface area contributed by atoms with Crippen LogP contribution in [0.3, 0.4) is 0 Å². The minimum absolute atomic E-state index is 0.249. The van der Waals surface area contributed by atoms with Crippen LogP contribution >= 0.6 is 0 Å². The summed E-state index contributed by atoms with van der Waals surface area (Å²) < 4.78 is 14.0. The molecule has 4 nitrogen and oxygen atoms in total. The maximum Gasteiger partial charge on any atom is 0.146 e. The fraction of sp³-hybridized carbons (Fsp3) is 0.667. The van der Waals surface area contributed by atoms with E-state index in [2.05, 4.69) is 29.2 Å². The summed E-state index contributed by atoms with van der Waals surface area (Å²) in [5.41, 5.74) is 3.14. The normalized spacial score (nSPS) is 19.6. The lowest BCUT2D eigenvalue weighted by molar-refractivity contribution is 0.0819. The topological polar surface area (TPSA) is 54.2 Å². The largest absolute Gasteiger partial charge is 0.296 e. The van der Waals surface area contributed by atoms with Crippen LogP contribution in [0.15, 0.2) is 18.5 Å². The van der Waals surface area contributed by atoms with Crippen molar-refractivity contribution in [3.05, 3.63) is 29.8 Å². The van der Waals surface area contributed by atoms with E-state index < -0.39 is 0 Å². The van der Waals surface area contributed by atoms with Crippen LogP contribution in [0.4, 0.5) is 4.39 Å². The van der Waals surface area contributed by atoms with Crippen molar-refractivity contribution in [1.82, 2.24) is 15.3 Å². The molecule has 20 heavy (non-hydrogen) atoms. The molecule has 0 bridgehead atoms. The Morgan fingerprint density at radius 3 is 2.50 bits per heavy atom. The van der Waals surface area contributed by atoms with Crippen molar-refractivity contribution in [1.29, 1.82) is 0 Å². The van der Waals surface area contributed by atoms with Crippen molar-refractivity contribution < 1.29 is 4.39 Å². The third-order valence-electron chi connectivity index (χ3n) is 4.41. The van der Waals surface area contributed by atoms with Crippen LogP contribution in [-0.4, -0.2) is 28.5 Å². The molecule has 0 amide bonds. The van der Waals surface area contributed by atoms with E-state index in [1.54, 1.807) is 12.3 Å². The first kappa shape index (κ1) is 15.4. The van der Waals surface area contributed by atoms with E-state index >= 15 is 0 Å². The molecule has 1 aliphatic heterocycles. The summed E-state index contributed by atoms with van der Waals surface area (Å²) in [6.45, 7) is 6.33. The number of nitrogens with zero attached hydrogens (tertiary/aromatic N) is 2. The van der Waals surface area contributed by atoms with Gasteiger partial charge in [0.15, 0.2) is 0 Å².